The van der Waals surface area contributed by atoms with Crippen molar-refractivity contribution in [2.24, 2.45) is 5.92 Å². The number of fused-ring (bicyclic) bond motifs is 1. The van der Waals surface area contributed by atoms with Gasteiger partial charge in [0.15, 0.2) is 0 Å². The predicted molar refractivity (Wildman–Crippen MR) is 90.8 cm³/mol. The molecule has 2 aliphatic rings. The number of pyridine rings is 1. The average molecular weight is 346 g/mol. The monoisotopic (exact) mass is 345 g/mol. The van der Waals surface area contributed by atoms with Gasteiger partial charge in [0.05, 0.1) is 11.2 Å². The number of nitrogens with zero attached hydrogens (tertiary/aromatic N) is 2. The molecule has 3 nitrogen and oxygen atoms in total. The predicted octanol–water partition coefficient (Wildman–Crippen LogP) is 3.58. The lowest BCUT2D eigenvalue weighted by Gasteiger charge is -2.20. The number of rotatable bonds is 4. The first-order valence-corrected chi connectivity index (χ1v) is 8.61. The summed E-state index contributed by atoms with van der Waals surface area (Å²) in [4.78, 5) is 7.13. The van der Waals surface area contributed by atoms with Gasteiger partial charge in [0.25, 0.3) is 0 Å². The van der Waals surface area contributed by atoms with Gasteiger partial charge < -0.3 is 10.2 Å². The summed E-state index contributed by atoms with van der Waals surface area (Å²) < 4.78 is 1.04. The van der Waals surface area contributed by atoms with E-state index in [0.717, 1.165) is 35.0 Å². The number of hydrogen-bond donors (Lipinski definition) is 1. The quantitative estimate of drug-likeness (QED) is 0.917. The van der Waals surface area contributed by atoms with Crippen molar-refractivity contribution in [3.63, 3.8) is 0 Å². The minimum Gasteiger partial charge on any atom is -0.369 e. The van der Waals surface area contributed by atoms with Crippen LogP contribution in [0.2, 0.25) is 0 Å². The highest BCUT2D eigenvalue weighted by Gasteiger charge is 2.27. The van der Waals surface area contributed by atoms with Crippen molar-refractivity contribution in [3.05, 3.63) is 34.9 Å². The zero-order valence-corrected chi connectivity index (χ0v) is 13.6. The molecule has 2 heterocycles. The van der Waals surface area contributed by atoms with Crippen molar-refractivity contribution in [1.82, 2.24) is 10.3 Å². The van der Waals surface area contributed by atoms with Gasteiger partial charge in [-0.3, -0.25) is 4.98 Å². The Bertz CT molecular complexity index is 654. The summed E-state index contributed by atoms with van der Waals surface area (Å²) in [7, 11) is 0. The van der Waals surface area contributed by atoms with E-state index >= 15 is 0 Å². The molecule has 110 valence electrons. The van der Waals surface area contributed by atoms with Crippen LogP contribution in [0.3, 0.4) is 0 Å². The molecule has 1 atom stereocenters. The molecule has 1 aliphatic carbocycles. The fourth-order valence-corrected chi connectivity index (χ4v) is 3.56. The molecular weight excluding hydrogens is 326 g/mol. The SMILES string of the molecule is Brc1cnc2c(N3CCC(CNC4CC4)C3)cccc2c1. The van der Waals surface area contributed by atoms with Crippen molar-refractivity contribution in [2.45, 2.75) is 25.3 Å². The molecule has 1 N–H and O–H groups in total. The molecule has 2 aromatic rings. The zero-order valence-electron chi connectivity index (χ0n) is 12.1. The Morgan fingerprint density at radius 3 is 3.05 bits per heavy atom. The zero-order chi connectivity index (χ0) is 14.2. The summed E-state index contributed by atoms with van der Waals surface area (Å²) in [5, 5.41) is 4.88. The minimum atomic E-state index is 0.774. The van der Waals surface area contributed by atoms with E-state index in [0.29, 0.717) is 0 Å². The number of halogens is 1. The van der Waals surface area contributed by atoms with Crippen LogP contribution >= 0.6 is 15.9 Å². The number of aromatic nitrogens is 1. The largest absolute Gasteiger partial charge is 0.369 e. The van der Waals surface area contributed by atoms with Gasteiger partial charge in [0.2, 0.25) is 0 Å². The molecular formula is C17H20BrN3. The summed E-state index contributed by atoms with van der Waals surface area (Å²) in [6, 6.07) is 9.45. The van der Waals surface area contributed by atoms with Crippen LogP contribution in [0.5, 0.6) is 0 Å². The Morgan fingerprint density at radius 2 is 2.19 bits per heavy atom. The summed E-state index contributed by atoms with van der Waals surface area (Å²) in [6.07, 6.45) is 5.93. The number of nitrogens with one attached hydrogen (secondary N) is 1. The highest BCUT2D eigenvalue weighted by atomic mass is 79.9. The standard InChI is InChI=1S/C17H20BrN3/c18-14-8-13-2-1-3-16(17(13)20-10-14)21-7-6-12(11-21)9-19-15-4-5-15/h1-3,8,10,12,15,19H,4-7,9,11H2. The fourth-order valence-electron chi connectivity index (χ4n) is 3.21. The molecule has 4 heteroatoms. The number of anilines is 1. The molecule has 21 heavy (non-hydrogen) atoms. The van der Waals surface area contributed by atoms with E-state index in [1.54, 1.807) is 0 Å². The Labute approximate surface area is 133 Å². The first kappa shape index (κ1) is 13.5. The topological polar surface area (TPSA) is 28.2 Å². The number of benzene rings is 1. The smallest absolute Gasteiger partial charge is 0.0936 e. The Morgan fingerprint density at radius 1 is 1.29 bits per heavy atom. The third kappa shape index (κ3) is 2.92. The second-order valence-electron chi connectivity index (χ2n) is 6.29. The van der Waals surface area contributed by atoms with E-state index < -0.39 is 0 Å². The molecule has 0 amide bonds. The maximum absolute atomic E-state index is 4.63. The summed E-state index contributed by atoms with van der Waals surface area (Å²) in [6.45, 7) is 3.47. The summed E-state index contributed by atoms with van der Waals surface area (Å²) >= 11 is 3.51. The molecule has 0 bridgehead atoms. The van der Waals surface area contributed by atoms with Crippen LogP contribution in [0.1, 0.15) is 19.3 Å². The second kappa shape index (κ2) is 5.58. The first-order chi connectivity index (χ1) is 10.3. The van der Waals surface area contributed by atoms with Gasteiger partial charge in [0.1, 0.15) is 0 Å². The molecule has 1 unspecified atom stereocenters. The molecule has 1 aromatic carbocycles. The van der Waals surface area contributed by atoms with Gasteiger partial charge in [-0.05, 0) is 59.8 Å². The molecule has 0 spiro atoms. The van der Waals surface area contributed by atoms with Crippen LogP contribution in [0.4, 0.5) is 5.69 Å². The van der Waals surface area contributed by atoms with E-state index in [1.165, 1.54) is 36.9 Å². The average Bonchev–Trinajstić information content (AvgIpc) is 3.21. The van der Waals surface area contributed by atoms with Crippen LogP contribution in [0.25, 0.3) is 10.9 Å². The van der Waals surface area contributed by atoms with Crippen LogP contribution in [0.15, 0.2) is 34.9 Å². The molecule has 1 aromatic heterocycles. The van der Waals surface area contributed by atoms with Crippen LogP contribution in [-0.4, -0.2) is 30.7 Å². The number of para-hydroxylation sites is 1. The Kier molecular flexibility index (Phi) is 3.59. The fraction of sp³-hybridized carbons (Fsp3) is 0.471. The van der Waals surface area contributed by atoms with Gasteiger partial charge in [-0.2, -0.15) is 0 Å². The van der Waals surface area contributed by atoms with Crippen LogP contribution in [0, 0.1) is 5.92 Å². The second-order valence-corrected chi connectivity index (χ2v) is 7.20. The number of hydrogen-bond acceptors (Lipinski definition) is 3. The van der Waals surface area contributed by atoms with Gasteiger partial charge in [0, 0.05) is 35.2 Å². The van der Waals surface area contributed by atoms with Gasteiger partial charge >= 0.3 is 0 Å². The summed E-state index contributed by atoms with van der Waals surface area (Å²) in [5.41, 5.74) is 2.41. The lowest BCUT2D eigenvalue weighted by atomic mass is 10.1. The van der Waals surface area contributed by atoms with Crippen molar-refractivity contribution in [1.29, 1.82) is 0 Å². The van der Waals surface area contributed by atoms with E-state index in [9.17, 15) is 0 Å². The molecule has 1 saturated carbocycles. The van der Waals surface area contributed by atoms with Crippen molar-refractivity contribution in [3.8, 4) is 0 Å². The summed E-state index contributed by atoms with van der Waals surface area (Å²) in [5.74, 6) is 0.774. The highest BCUT2D eigenvalue weighted by Crippen LogP contribution is 2.31. The molecule has 1 saturated heterocycles. The lowest BCUT2D eigenvalue weighted by molar-refractivity contribution is 0.515. The third-order valence-electron chi connectivity index (χ3n) is 4.56. The third-order valence-corrected chi connectivity index (χ3v) is 4.99. The normalized spacial score (nSPS) is 22.1. The first-order valence-electron chi connectivity index (χ1n) is 7.82. The van der Waals surface area contributed by atoms with Crippen molar-refractivity contribution < 1.29 is 0 Å². The highest BCUT2D eigenvalue weighted by molar-refractivity contribution is 9.10. The van der Waals surface area contributed by atoms with E-state index in [2.05, 4.69) is 55.4 Å². The van der Waals surface area contributed by atoms with Crippen molar-refractivity contribution >= 4 is 32.5 Å². The van der Waals surface area contributed by atoms with Gasteiger partial charge in [-0.1, -0.05) is 12.1 Å². The van der Waals surface area contributed by atoms with Crippen LogP contribution in [-0.2, 0) is 0 Å². The van der Waals surface area contributed by atoms with Crippen LogP contribution < -0.4 is 10.2 Å². The molecule has 4 rings (SSSR count). The maximum atomic E-state index is 4.63. The minimum absolute atomic E-state index is 0.774. The Balaban J connectivity index is 1.53. The molecule has 2 fully saturated rings. The maximum Gasteiger partial charge on any atom is 0.0936 e. The van der Waals surface area contributed by atoms with Crippen molar-refractivity contribution in [2.75, 3.05) is 24.5 Å². The van der Waals surface area contributed by atoms with E-state index in [4.69, 9.17) is 0 Å². The van der Waals surface area contributed by atoms with Gasteiger partial charge in [-0.15, -0.1) is 0 Å². The molecule has 1 aliphatic heterocycles. The van der Waals surface area contributed by atoms with E-state index in [-0.39, 0.29) is 0 Å². The Hall–Kier alpha value is -1.13. The lowest BCUT2D eigenvalue weighted by Crippen LogP contribution is -2.27. The van der Waals surface area contributed by atoms with E-state index in [1.807, 2.05) is 6.20 Å². The van der Waals surface area contributed by atoms with Gasteiger partial charge in [-0.25, -0.2) is 0 Å². The molecule has 0 radical (unpaired) electrons.